The van der Waals surface area contributed by atoms with Crippen molar-refractivity contribution >= 4 is 17.2 Å². The van der Waals surface area contributed by atoms with Crippen LogP contribution in [0.15, 0.2) is 39.7 Å². The molecule has 0 aromatic carbocycles. The molecule has 0 fully saturated rings. The summed E-state index contributed by atoms with van der Waals surface area (Å²) in [7, 11) is 0. The van der Waals surface area contributed by atoms with Crippen molar-refractivity contribution in [2.45, 2.75) is 6.54 Å². The molecule has 5 nitrogen and oxygen atoms in total. The van der Waals surface area contributed by atoms with Gasteiger partial charge in [-0.25, -0.2) is 4.79 Å². The first kappa shape index (κ1) is 14.1. The molecule has 0 bridgehead atoms. The molecule has 0 saturated carbocycles. The van der Waals surface area contributed by atoms with E-state index < -0.39 is 5.63 Å². The van der Waals surface area contributed by atoms with Gasteiger partial charge in [-0.2, -0.15) is 0 Å². The molecule has 20 heavy (non-hydrogen) atoms. The molecule has 2 aromatic heterocycles. The van der Waals surface area contributed by atoms with Crippen LogP contribution in [-0.4, -0.2) is 12.5 Å². The summed E-state index contributed by atoms with van der Waals surface area (Å²) >= 11 is 1.50. The van der Waals surface area contributed by atoms with Gasteiger partial charge in [-0.05, 0) is 18.2 Å². The molecule has 0 aliphatic heterocycles. The van der Waals surface area contributed by atoms with Crippen molar-refractivity contribution in [3.05, 3.63) is 56.3 Å². The minimum Gasteiger partial charge on any atom is -0.430 e. The number of rotatable bonds is 3. The summed E-state index contributed by atoms with van der Waals surface area (Å²) in [5, 5.41) is 2.74. The third kappa shape index (κ3) is 3.82. The summed E-state index contributed by atoms with van der Waals surface area (Å²) in [5.41, 5.74) is 5.13. The zero-order valence-corrected chi connectivity index (χ0v) is 11.3. The Kier molecular flexibility index (Phi) is 4.71. The Morgan fingerprint density at radius 3 is 2.90 bits per heavy atom. The SMILES string of the molecule is NCC#Cc1ccc(CNC(=O)c2ccc(=O)oc2)s1. The maximum atomic E-state index is 11.8. The topological polar surface area (TPSA) is 85.3 Å². The molecule has 0 aliphatic rings. The lowest BCUT2D eigenvalue weighted by Crippen LogP contribution is -2.22. The fourth-order valence-corrected chi connectivity index (χ4v) is 2.26. The van der Waals surface area contributed by atoms with Crippen LogP contribution in [0.25, 0.3) is 0 Å². The lowest BCUT2D eigenvalue weighted by atomic mass is 10.3. The zero-order chi connectivity index (χ0) is 14.4. The van der Waals surface area contributed by atoms with Crippen LogP contribution in [-0.2, 0) is 6.54 Å². The van der Waals surface area contributed by atoms with E-state index in [0.29, 0.717) is 18.7 Å². The summed E-state index contributed by atoms with van der Waals surface area (Å²) in [5.74, 6) is 5.41. The van der Waals surface area contributed by atoms with Gasteiger partial charge in [0.1, 0.15) is 6.26 Å². The highest BCUT2D eigenvalue weighted by molar-refractivity contribution is 7.12. The maximum Gasteiger partial charge on any atom is 0.335 e. The highest BCUT2D eigenvalue weighted by Crippen LogP contribution is 2.15. The molecular weight excluding hydrogens is 276 g/mol. The molecule has 2 rings (SSSR count). The summed E-state index contributed by atoms with van der Waals surface area (Å²) < 4.78 is 4.64. The highest BCUT2D eigenvalue weighted by atomic mass is 32.1. The van der Waals surface area contributed by atoms with E-state index in [1.807, 2.05) is 12.1 Å². The van der Waals surface area contributed by atoms with E-state index >= 15 is 0 Å². The Hall–Kier alpha value is -2.36. The van der Waals surface area contributed by atoms with Crippen LogP contribution in [0.4, 0.5) is 0 Å². The lowest BCUT2D eigenvalue weighted by Gasteiger charge is -2.02. The quantitative estimate of drug-likeness (QED) is 0.823. The first-order valence-corrected chi connectivity index (χ1v) is 6.65. The number of carbonyl (C=O) groups excluding carboxylic acids is 1. The van der Waals surface area contributed by atoms with Gasteiger partial charge in [0.15, 0.2) is 0 Å². The third-order valence-electron chi connectivity index (χ3n) is 2.36. The molecule has 0 saturated heterocycles. The molecule has 0 aliphatic carbocycles. The van der Waals surface area contributed by atoms with Gasteiger partial charge in [-0.1, -0.05) is 11.8 Å². The van der Waals surface area contributed by atoms with Gasteiger partial charge in [0, 0.05) is 10.9 Å². The second kappa shape index (κ2) is 6.70. The number of thiophene rings is 1. The van der Waals surface area contributed by atoms with Gasteiger partial charge in [0.2, 0.25) is 0 Å². The second-order valence-electron chi connectivity index (χ2n) is 3.80. The van der Waals surface area contributed by atoms with E-state index in [1.165, 1.54) is 23.5 Å². The monoisotopic (exact) mass is 288 g/mol. The molecule has 2 heterocycles. The van der Waals surface area contributed by atoms with Crippen molar-refractivity contribution in [2.75, 3.05) is 6.54 Å². The molecule has 3 N–H and O–H groups in total. The van der Waals surface area contributed by atoms with Gasteiger partial charge in [0.25, 0.3) is 5.91 Å². The van der Waals surface area contributed by atoms with Gasteiger partial charge in [-0.15, -0.1) is 11.3 Å². The van der Waals surface area contributed by atoms with E-state index in [-0.39, 0.29) is 5.91 Å². The predicted octanol–water partition coefficient (Wildman–Crippen LogP) is 0.941. The van der Waals surface area contributed by atoms with E-state index in [4.69, 9.17) is 5.73 Å². The average Bonchev–Trinajstić information content (AvgIpc) is 2.91. The Balaban J connectivity index is 1.94. The number of hydrogen-bond acceptors (Lipinski definition) is 5. The highest BCUT2D eigenvalue weighted by Gasteiger charge is 2.06. The summed E-state index contributed by atoms with van der Waals surface area (Å²) in [6.45, 7) is 0.718. The molecule has 102 valence electrons. The average molecular weight is 288 g/mol. The van der Waals surface area contributed by atoms with Crippen molar-refractivity contribution in [3.8, 4) is 11.8 Å². The van der Waals surface area contributed by atoms with Crippen LogP contribution in [0.2, 0.25) is 0 Å². The van der Waals surface area contributed by atoms with Crippen molar-refractivity contribution in [2.24, 2.45) is 5.73 Å². The first-order chi connectivity index (χ1) is 9.69. The Bertz CT molecular complexity index is 701. The molecule has 2 aromatic rings. The smallest absolute Gasteiger partial charge is 0.335 e. The van der Waals surface area contributed by atoms with Crippen molar-refractivity contribution < 1.29 is 9.21 Å². The molecule has 1 amide bonds. The molecule has 0 unspecified atom stereocenters. The van der Waals surface area contributed by atoms with E-state index in [1.54, 1.807) is 0 Å². The lowest BCUT2D eigenvalue weighted by molar-refractivity contribution is 0.0949. The van der Waals surface area contributed by atoms with Crippen LogP contribution in [0.1, 0.15) is 20.1 Å². The number of carbonyl (C=O) groups is 1. The van der Waals surface area contributed by atoms with Gasteiger partial charge >= 0.3 is 5.63 Å². The zero-order valence-electron chi connectivity index (χ0n) is 10.5. The fourth-order valence-electron chi connectivity index (χ4n) is 1.43. The number of hydrogen-bond donors (Lipinski definition) is 2. The molecule has 6 heteroatoms. The van der Waals surface area contributed by atoms with Gasteiger partial charge in [-0.3, -0.25) is 4.79 Å². The van der Waals surface area contributed by atoms with Crippen molar-refractivity contribution in [1.29, 1.82) is 0 Å². The second-order valence-corrected chi connectivity index (χ2v) is 4.97. The number of nitrogens with two attached hydrogens (primary N) is 1. The number of nitrogens with one attached hydrogen (secondary N) is 1. The van der Waals surface area contributed by atoms with E-state index in [2.05, 4.69) is 21.6 Å². The standard InChI is InChI=1S/C14H12N2O3S/c15-7-1-2-11-4-5-12(20-11)8-16-14(18)10-3-6-13(17)19-9-10/h3-6,9H,7-8,15H2,(H,16,18). The largest absolute Gasteiger partial charge is 0.430 e. The van der Waals surface area contributed by atoms with E-state index in [9.17, 15) is 9.59 Å². The van der Waals surface area contributed by atoms with Crippen LogP contribution in [0.3, 0.4) is 0 Å². The number of amides is 1. The summed E-state index contributed by atoms with van der Waals surface area (Å²) in [4.78, 5) is 24.5. The van der Waals surface area contributed by atoms with Crippen LogP contribution >= 0.6 is 11.3 Å². The molecule has 0 radical (unpaired) electrons. The Labute approximate surface area is 119 Å². The minimum absolute atomic E-state index is 0.295. The Morgan fingerprint density at radius 2 is 2.20 bits per heavy atom. The molecular formula is C14H12N2O3S. The fraction of sp³-hybridized carbons (Fsp3) is 0.143. The van der Waals surface area contributed by atoms with Crippen molar-refractivity contribution in [3.63, 3.8) is 0 Å². The first-order valence-electron chi connectivity index (χ1n) is 5.84. The van der Waals surface area contributed by atoms with E-state index in [0.717, 1.165) is 16.0 Å². The molecule has 0 atom stereocenters. The van der Waals surface area contributed by atoms with Crippen LogP contribution in [0.5, 0.6) is 0 Å². The molecule has 0 spiro atoms. The van der Waals surface area contributed by atoms with Gasteiger partial charge in [0.05, 0.1) is 23.5 Å². The maximum absolute atomic E-state index is 11.8. The van der Waals surface area contributed by atoms with Crippen LogP contribution < -0.4 is 16.7 Å². The summed E-state index contributed by atoms with van der Waals surface area (Å²) in [6.07, 6.45) is 1.14. The van der Waals surface area contributed by atoms with Crippen LogP contribution in [0, 0.1) is 11.8 Å². The Morgan fingerprint density at radius 1 is 1.35 bits per heavy atom. The van der Waals surface area contributed by atoms with Crippen molar-refractivity contribution in [1.82, 2.24) is 5.32 Å². The minimum atomic E-state index is -0.483. The summed E-state index contributed by atoms with van der Waals surface area (Å²) in [6, 6.07) is 6.42. The normalized spacial score (nSPS) is 9.65. The predicted molar refractivity (Wildman–Crippen MR) is 76.4 cm³/mol. The van der Waals surface area contributed by atoms with Gasteiger partial charge < -0.3 is 15.5 Å². The third-order valence-corrected chi connectivity index (χ3v) is 3.36.